The molecule has 0 aromatic carbocycles. The highest BCUT2D eigenvalue weighted by molar-refractivity contribution is 4.70. The zero-order valence-electron chi connectivity index (χ0n) is 6.99. The van der Waals surface area contributed by atoms with Crippen LogP contribution in [0.3, 0.4) is 0 Å². The summed E-state index contributed by atoms with van der Waals surface area (Å²) in [5.74, 6) is -1.33. The minimum Gasteiger partial charge on any atom is -0.371 e. The minimum atomic E-state index is -1.33. The second kappa shape index (κ2) is 3.30. The molecule has 2 aliphatic rings. The second-order valence-corrected chi connectivity index (χ2v) is 3.28. The van der Waals surface area contributed by atoms with Crippen molar-refractivity contribution in [3.63, 3.8) is 0 Å². The average molecular weight is 174 g/mol. The van der Waals surface area contributed by atoms with Gasteiger partial charge in [0.1, 0.15) is 6.10 Å². The first-order valence-corrected chi connectivity index (χ1v) is 4.40. The van der Waals surface area contributed by atoms with E-state index in [-0.39, 0.29) is 6.10 Å². The summed E-state index contributed by atoms with van der Waals surface area (Å²) in [5.41, 5.74) is 0. The van der Waals surface area contributed by atoms with Crippen molar-refractivity contribution in [2.24, 2.45) is 0 Å². The van der Waals surface area contributed by atoms with Crippen molar-refractivity contribution in [3.05, 3.63) is 0 Å². The van der Waals surface area contributed by atoms with E-state index in [2.05, 4.69) is 0 Å². The third-order valence-electron chi connectivity index (χ3n) is 2.11. The first-order chi connectivity index (χ1) is 5.79. The number of hydrogen-bond acceptors (Lipinski definition) is 4. The highest BCUT2D eigenvalue weighted by Gasteiger charge is 2.34. The molecule has 2 fully saturated rings. The van der Waals surface area contributed by atoms with Gasteiger partial charge in [0.2, 0.25) is 0 Å². The van der Waals surface area contributed by atoms with E-state index in [0.717, 1.165) is 19.4 Å². The molecule has 12 heavy (non-hydrogen) atoms. The van der Waals surface area contributed by atoms with E-state index >= 15 is 0 Å². The zero-order chi connectivity index (χ0) is 8.44. The van der Waals surface area contributed by atoms with Crippen LogP contribution in [0.2, 0.25) is 0 Å². The molecule has 70 valence electrons. The molecule has 2 rings (SSSR count). The lowest BCUT2D eigenvalue weighted by Gasteiger charge is -2.31. The largest absolute Gasteiger partial charge is 0.371 e. The van der Waals surface area contributed by atoms with Crippen molar-refractivity contribution in [3.8, 4) is 0 Å². The molecule has 0 bridgehead atoms. The van der Waals surface area contributed by atoms with Crippen molar-refractivity contribution in [2.45, 2.75) is 31.3 Å². The highest BCUT2D eigenvalue weighted by Crippen LogP contribution is 2.24. The number of ether oxygens (including phenoxy) is 3. The summed E-state index contributed by atoms with van der Waals surface area (Å²) in [4.78, 5) is 0. The van der Waals surface area contributed by atoms with Gasteiger partial charge in [0, 0.05) is 6.42 Å². The summed E-state index contributed by atoms with van der Waals surface area (Å²) in [6, 6.07) is 0. The Hall–Kier alpha value is -0.160. The normalized spacial score (nSPS) is 41.2. The Morgan fingerprint density at radius 1 is 1.50 bits per heavy atom. The van der Waals surface area contributed by atoms with Crippen molar-refractivity contribution in [1.29, 1.82) is 0 Å². The molecule has 0 aromatic rings. The van der Waals surface area contributed by atoms with E-state index in [0.29, 0.717) is 19.6 Å². The number of hydrogen-bond donors (Lipinski definition) is 1. The van der Waals surface area contributed by atoms with Crippen LogP contribution in [0.4, 0.5) is 0 Å². The average Bonchev–Trinajstić information content (AvgIpc) is 2.85. The molecule has 2 unspecified atom stereocenters. The van der Waals surface area contributed by atoms with Crippen molar-refractivity contribution >= 4 is 0 Å². The third-order valence-corrected chi connectivity index (χ3v) is 2.11. The summed E-state index contributed by atoms with van der Waals surface area (Å²) in [7, 11) is 0. The molecule has 0 aliphatic carbocycles. The summed E-state index contributed by atoms with van der Waals surface area (Å²) in [6.07, 6.45) is 2.72. The number of epoxide rings is 1. The Morgan fingerprint density at radius 3 is 2.92 bits per heavy atom. The van der Waals surface area contributed by atoms with Gasteiger partial charge in [0.15, 0.2) is 0 Å². The lowest BCUT2D eigenvalue weighted by molar-refractivity contribution is -0.374. The van der Waals surface area contributed by atoms with Gasteiger partial charge in [-0.1, -0.05) is 0 Å². The van der Waals surface area contributed by atoms with Gasteiger partial charge in [0.25, 0.3) is 5.97 Å². The molecule has 2 heterocycles. The summed E-state index contributed by atoms with van der Waals surface area (Å²) >= 11 is 0. The van der Waals surface area contributed by atoms with Gasteiger partial charge in [-0.15, -0.1) is 0 Å². The van der Waals surface area contributed by atoms with Crippen molar-refractivity contribution in [2.75, 3.05) is 19.8 Å². The van der Waals surface area contributed by atoms with E-state index in [1.54, 1.807) is 0 Å². The van der Waals surface area contributed by atoms with Crippen LogP contribution in [0, 0.1) is 0 Å². The van der Waals surface area contributed by atoms with Crippen LogP contribution in [-0.4, -0.2) is 37.0 Å². The van der Waals surface area contributed by atoms with E-state index < -0.39 is 5.97 Å². The quantitative estimate of drug-likeness (QED) is 0.492. The van der Waals surface area contributed by atoms with Gasteiger partial charge in [-0.2, -0.15) is 0 Å². The molecule has 0 spiro atoms. The summed E-state index contributed by atoms with van der Waals surface area (Å²) < 4.78 is 15.3. The lowest BCUT2D eigenvalue weighted by atomic mass is 10.2. The molecule has 2 atom stereocenters. The van der Waals surface area contributed by atoms with Gasteiger partial charge in [-0.3, -0.25) is 0 Å². The van der Waals surface area contributed by atoms with Gasteiger partial charge in [-0.05, 0) is 12.8 Å². The summed E-state index contributed by atoms with van der Waals surface area (Å²) in [6.45, 7) is 1.77. The van der Waals surface area contributed by atoms with E-state index in [1.165, 1.54) is 0 Å². The maximum Gasteiger partial charge on any atom is 0.280 e. The SMILES string of the molecule is OC1(OCC2CO2)CCCCO1. The standard InChI is InChI=1S/C8H14O4/c9-8(3-1-2-4-11-8)12-6-7-5-10-7/h7,9H,1-6H2. The molecule has 0 aromatic heterocycles. The first kappa shape index (κ1) is 8.44. The number of aliphatic hydroxyl groups is 1. The van der Waals surface area contributed by atoms with Gasteiger partial charge < -0.3 is 19.3 Å². The highest BCUT2D eigenvalue weighted by atomic mass is 16.8. The van der Waals surface area contributed by atoms with Crippen LogP contribution >= 0.6 is 0 Å². The molecular formula is C8H14O4. The maximum atomic E-state index is 9.65. The molecule has 4 heteroatoms. The van der Waals surface area contributed by atoms with Crippen LogP contribution in [0.1, 0.15) is 19.3 Å². The van der Waals surface area contributed by atoms with Crippen LogP contribution in [0.5, 0.6) is 0 Å². The van der Waals surface area contributed by atoms with Crippen molar-refractivity contribution < 1.29 is 19.3 Å². The van der Waals surface area contributed by atoms with E-state index in [1.807, 2.05) is 0 Å². The molecule has 1 N–H and O–H groups in total. The molecule has 0 saturated carbocycles. The fourth-order valence-corrected chi connectivity index (χ4v) is 1.26. The third kappa shape index (κ3) is 2.17. The van der Waals surface area contributed by atoms with E-state index in [4.69, 9.17) is 14.2 Å². The van der Waals surface area contributed by atoms with Gasteiger partial charge in [0.05, 0.1) is 19.8 Å². The summed E-state index contributed by atoms with van der Waals surface area (Å²) in [5, 5.41) is 9.65. The van der Waals surface area contributed by atoms with Gasteiger partial charge >= 0.3 is 0 Å². The van der Waals surface area contributed by atoms with Crippen LogP contribution in [0.15, 0.2) is 0 Å². The Labute approximate surface area is 71.4 Å². The number of rotatable bonds is 3. The topological polar surface area (TPSA) is 51.2 Å². The Bertz CT molecular complexity index is 149. The zero-order valence-corrected chi connectivity index (χ0v) is 6.99. The molecule has 0 amide bonds. The molecular weight excluding hydrogens is 160 g/mol. The van der Waals surface area contributed by atoms with Crippen molar-refractivity contribution in [1.82, 2.24) is 0 Å². The monoisotopic (exact) mass is 174 g/mol. The Kier molecular flexibility index (Phi) is 2.32. The van der Waals surface area contributed by atoms with Crippen LogP contribution in [-0.2, 0) is 14.2 Å². The minimum absolute atomic E-state index is 0.180. The fourth-order valence-electron chi connectivity index (χ4n) is 1.26. The first-order valence-electron chi connectivity index (χ1n) is 4.40. The fraction of sp³-hybridized carbons (Fsp3) is 1.00. The van der Waals surface area contributed by atoms with Crippen LogP contribution < -0.4 is 0 Å². The van der Waals surface area contributed by atoms with Gasteiger partial charge in [-0.25, -0.2) is 0 Å². The Balaban J connectivity index is 1.73. The predicted molar refractivity (Wildman–Crippen MR) is 40.4 cm³/mol. The second-order valence-electron chi connectivity index (χ2n) is 3.28. The van der Waals surface area contributed by atoms with E-state index in [9.17, 15) is 5.11 Å². The molecule has 4 nitrogen and oxygen atoms in total. The smallest absolute Gasteiger partial charge is 0.280 e. The molecule has 0 radical (unpaired) electrons. The predicted octanol–water partition coefficient (Wildman–Crippen LogP) is 0.248. The molecule has 2 saturated heterocycles. The van der Waals surface area contributed by atoms with Crippen LogP contribution in [0.25, 0.3) is 0 Å². The molecule has 2 aliphatic heterocycles. The Morgan fingerprint density at radius 2 is 2.33 bits per heavy atom. The maximum absolute atomic E-state index is 9.65. The lowest BCUT2D eigenvalue weighted by Crippen LogP contribution is -2.39.